The number of rotatable bonds is 5. The first kappa shape index (κ1) is 21.5. The number of pyridine rings is 1. The van der Waals surface area contributed by atoms with Crippen molar-refractivity contribution in [2.45, 2.75) is 43.9 Å². The molecule has 3 rings (SSSR count). The molecule has 0 aliphatic carbocycles. The van der Waals surface area contributed by atoms with Gasteiger partial charge in [-0.15, -0.1) is 0 Å². The van der Waals surface area contributed by atoms with Gasteiger partial charge in [0, 0.05) is 45.0 Å². The normalized spacial score (nSPS) is 16.0. The largest absolute Gasteiger partial charge is 0.340 e. The molecule has 0 atom stereocenters. The van der Waals surface area contributed by atoms with Crippen LogP contribution in [0.3, 0.4) is 0 Å². The maximum atomic E-state index is 13.0. The molecule has 1 aromatic heterocycles. The van der Waals surface area contributed by atoms with Gasteiger partial charge >= 0.3 is 0 Å². The van der Waals surface area contributed by atoms with E-state index in [2.05, 4.69) is 25.8 Å². The monoisotopic (exact) mass is 415 g/mol. The molecule has 156 valence electrons. The Hall–Kier alpha value is -2.25. The highest BCUT2D eigenvalue weighted by atomic mass is 32.2. The molecule has 1 amide bonds. The van der Waals surface area contributed by atoms with Crippen molar-refractivity contribution >= 4 is 15.9 Å². The minimum Gasteiger partial charge on any atom is -0.340 e. The minimum atomic E-state index is -3.54. The molecule has 29 heavy (non-hydrogen) atoms. The summed E-state index contributed by atoms with van der Waals surface area (Å²) in [6.45, 7) is 7.78. The average Bonchev–Trinajstić information content (AvgIpc) is 2.72. The highest BCUT2D eigenvalue weighted by Crippen LogP contribution is 2.25. The van der Waals surface area contributed by atoms with Crippen molar-refractivity contribution in [3.8, 4) is 0 Å². The third-order valence-electron chi connectivity index (χ3n) is 5.30. The Kier molecular flexibility index (Phi) is 6.39. The summed E-state index contributed by atoms with van der Waals surface area (Å²) < 4.78 is 27.4. The third-order valence-corrected chi connectivity index (χ3v) is 7.21. The lowest BCUT2D eigenvalue weighted by atomic mass is 9.87. The molecule has 0 radical (unpaired) electrons. The molecule has 1 aliphatic heterocycles. The van der Waals surface area contributed by atoms with Crippen LogP contribution < -0.4 is 0 Å². The number of piperazine rings is 1. The van der Waals surface area contributed by atoms with Crippen LogP contribution in [0.15, 0.2) is 53.7 Å². The number of benzene rings is 1. The number of aromatic nitrogens is 1. The second-order valence-electron chi connectivity index (χ2n) is 8.42. The van der Waals surface area contributed by atoms with Crippen LogP contribution in [0.1, 0.15) is 38.3 Å². The van der Waals surface area contributed by atoms with Gasteiger partial charge in [-0.2, -0.15) is 4.31 Å². The number of amides is 1. The predicted octanol–water partition coefficient (Wildman–Crippen LogP) is 2.84. The molecule has 0 N–H and O–H groups in total. The van der Waals surface area contributed by atoms with E-state index in [9.17, 15) is 13.2 Å². The van der Waals surface area contributed by atoms with Gasteiger partial charge in [0.05, 0.1) is 4.90 Å². The molecular formula is C22H29N3O3S. The van der Waals surface area contributed by atoms with E-state index in [0.717, 1.165) is 11.1 Å². The van der Waals surface area contributed by atoms with Crippen molar-refractivity contribution in [1.29, 1.82) is 0 Å². The summed E-state index contributed by atoms with van der Waals surface area (Å²) in [6, 6.07) is 10.9. The molecule has 1 aliphatic rings. The van der Waals surface area contributed by atoms with E-state index in [0.29, 0.717) is 43.9 Å². The minimum absolute atomic E-state index is 0.0237. The number of hydrogen-bond donors (Lipinski definition) is 0. The molecule has 0 bridgehead atoms. The predicted molar refractivity (Wildman–Crippen MR) is 113 cm³/mol. The first-order valence-electron chi connectivity index (χ1n) is 9.95. The van der Waals surface area contributed by atoms with Crippen molar-refractivity contribution in [3.05, 3.63) is 59.9 Å². The smallest absolute Gasteiger partial charge is 0.243 e. The Morgan fingerprint density at radius 2 is 1.69 bits per heavy atom. The Balaban J connectivity index is 1.57. The number of aryl methyl sites for hydroxylation is 1. The zero-order chi connectivity index (χ0) is 21.1. The number of nitrogens with zero attached hydrogens (tertiary/aromatic N) is 3. The summed E-state index contributed by atoms with van der Waals surface area (Å²) in [7, 11) is -3.54. The van der Waals surface area contributed by atoms with Crippen molar-refractivity contribution in [2.75, 3.05) is 26.2 Å². The molecule has 6 nitrogen and oxygen atoms in total. The molecule has 2 aromatic rings. The van der Waals surface area contributed by atoms with Crippen LogP contribution in [0.5, 0.6) is 0 Å². The lowest BCUT2D eigenvalue weighted by Gasteiger charge is -2.34. The van der Waals surface area contributed by atoms with E-state index >= 15 is 0 Å². The van der Waals surface area contributed by atoms with E-state index in [-0.39, 0.29) is 11.3 Å². The Morgan fingerprint density at radius 1 is 1.03 bits per heavy atom. The summed E-state index contributed by atoms with van der Waals surface area (Å²) in [6.07, 6.45) is 4.53. The summed E-state index contributed by atoms with van der Waals surface area (Å²) in [4.78, 5) is 18.6. The Morgan fingerprint density at radius 3 is 2.24 bits per heavy atom. The quantitative estimate of drug-likeness (QED) is 0.753. The maximum Gasteiger partial charge on any atom is 0.243 e. The molecule has 2 heterocycles. The van der Waals surface area contributed by atoms with E-state index < -0.39 is 10.0 Å². The fourth-order valence-electron chi connectivity index (χ4n) is 3.41. The van der Waals surface area contributed by atoms with E-state index in [1.54, 1.807) is 29.4 Å². The van der Waals surface area contributed by atoms with Crippen LogP contribution in [-0.2, 0) is 26.7 Å². The maximum absolute atomic E-state index is 13.0. The summed E-state index contributed by atoms with van der Waals surface area (Å²) in [5, 5.41) is 0. The third kappa shape index (κ3) is 5.22. The number of hydrogen-bond acceptors (Lipinski definition) is 4. The second kappa shape index (κ2) is 8.63. The second-order valence-corrected chi connectivity index (χ2v) is 10.4. The van der Waals surface area contributed by atoms with Gasteiger partial charge in [-0.05, 0) is 41.2 Å². The molecule has 1 saturated heterocycles. The molecule has 1 aromatic carbocycles. The molecule has 1 fully saturated rings. The van der Waals surface area contributed by atoms with Gasteiger partial charge in [0.2, 0.25) is 15.9 Å². The molecule has 7 heteroatoms. The van der Waals surface area contributed by atoms with Crippen molar-refractivity contribution in [1.82, 2.24) is 14.2 Å². The topological polar surface area (TPSA) is 70.6 Å². The van der Waals surface area contributed by atoms with Crippen LogP contribution in [-0.4, -0.2) is 54.7 Å². The fourth-order valence-corrected chi connectivity index (χ4v) is 4.83. The molecular weight excluding hydrogens is 386 g/mol. The molecule has 0 spiro atoms. The van der Waals surface area contributed by atoms with Crippen molar-refractivity contribution < 1.29 is 13.2 Å². The Bertz CT molecular complexity index is 928. The van der Waals surface area contributed by atoms with Crippen LogP contribution in [0.4, 0.5) is 0 Å². The summed E-state index contributed by atoms with van der Waals surface area (Å²) in [5.74, 6) is 0.0560. The fraction of sp³-hybridized carbons (Fsp3) is 0.455. The van der Waals surface area contributed by atoms with Gasteiger partial charge < -0.3 is 4.90 Å². The van der Waals surface area contributed by atoms with Crippen LogP contribution in [0.25, 0.3) is 0 Å². The first-order valence-corrected chi connectivity index (χ1v) is 11.4. The number of sulfonamides is 1. The van der Waals surface area contributed by atoms with Gasteiger partial charge in [-0.25, -0.2) is 8.42 Å². The van der Waals surface area contributed by atoms with Gasteiger partial charge in [-0.1, -0.05) is 39.0 Å². The molecule has 0 unspecified atom stereocenters. The van der Waals surface area contributed by atoms with Crippen LogP contribution in [0.2, 0.25) is 0 Å². The standard InChI is InChI=1S/C22H29N3O3S/c1-22(2,3)19-7-9-20(10-8-19)29(27,28)25-15-13-24(14-16-25)21(26)11-6-18-5-4-12-23-17-18/h4-5,7-10,12,17H,6,11,13-16H2,1-3H3. The van der Waals surface area contributed by atoms with Gasteiger partial charge in [0.1, 0.15) is 0 Å². The van der Waals surface area contributed by atoms with Gasteiger partial charge in [0.15, 0.2) is 0 Å². The van der Waals surface area contributed by atoms with Crippen LogP contribution in [0, 0.1) is 0 Å². The molecule has 0 saturated carbocycles. The van der Waals surface area contributed by atoms with Gasteiger partial charge in [0.25, 0.3) is 0 Å². The van der Waals surface area contributed by atoms with Gasteiger partial charge in [-0.3, -0.25) is 9.78 Å². The lowest BCUT2D eigenvalue weighted by molar-refractivity contribution is -0.132. The zero-order valence-corrected chi connectivity index (χ0v) is 18.2. The van der Waals surface area contributed by atoms with Crippen molar-refractivity contribution in [3.63, 3.8) is 0 Å². The Labute approximate surface area is 173 Å². The number of carbonyl (C=O) groups is 1. The number of carbonyl (C=O) groups excluding carboxylic acids is 1. The van der Waals surface area contributed by atoms with Crippen molar-refractivity contribution in [2.24, 2.45) is 0 Å². The van der Waals surface area contributed by atoms with E-state index in [1.807, 2.05) is 24.3 Å². The summed E-state index contributed by atoms with van der Waals surface area (Å²) in [5.41, 5.74) is 2.10. The lowest BCUT2D eigenvalue weighted by Crippen LogP contribution is -2.50. The highest BCUT2D eigenvalue weighted by Gasteiger charge is 2.30. The SMILES string of the molecule is CC(C)(C)c1ccc(S(=O)(=O)N2CCN(C(=O)CCc3cccnc3)CC2)cc1. The highest BCUT2D eigenvalue weighted by molar-refractivity contribution is 7.89. The zero-order valence-electron chi connectivity index (χ0n) is 17.3. The first-order chi connectivity index (χ1) is 13.7. The van der Waals surface area contributed by atoms with E-state index in [4.69, 9.17) is 0 Å². The average molecular weight is 416 g/mol. The van der Waals surface area contributed by atoms with E-state index in [1.165, 1.54) is 4.31 Å². The summed E-state index contributed by atoms with van der Waals surface area (Å²) >= 11 is 0. The van der Waals surface area contributed by atoms with Crippen LogP contribution >= 0.6 is 0 Å².